The van der Waals surface area contributed by atoms with Crippen LogP contribution in [0.4, 0.5) is 0 Å². The fourth-order valence-electron chi connectivity index (χ4n) is 3.91. The summed E-state index contributed by atoms with van der Waals surface area (Å²) in [5.41, 5.74) is 1.54. The van der Waals surface area contributed by atoms with E-state index in [4.69, 9.17) is 16.3 Å². The van der Waals surface area contributed by atoms with Gasteiger partial charge in [0.25, 0.3) is 0 Å². The van der Waals surface area contributed by atoms with Crippen LogP contribution in [0.5, 0.6) is 5.75 Å². The third-order valence-electron chi connectivity index (χ3n) is 5.07. The predicted octanol–water partition coefficient (Wildman–Crippen LogP) is 3.46. The van der Waals surface area contributed by atoms with Gasteiger partial charge in [0.2, 0.25) is 0 Å². The van der Waals surface area contributed by atoms with Crippen molar-refractivity contribution in [3.8, 4) is 5.75 Å². The van der Waals surface area contributed by atoms with Crippen LogP contribution < -0.4 is 10.1 Å². The van der Waals surface area contributed by atoms with Gasteiger partial charge in [-0.1, -0.05) is 30.9 Å². The molecule has 1 aromatic rings. The maximum atomic E-state index is 6.18. The zero-order chi connectivity index (χ0) is 14.7. The highest BCUT2D eigenvalue weighted by atomic mass is 35.5. The van der Waals surface area contributed by atoms with Crippen molar-refractivity contribution in [3.05, 3.63) is 28.8 Å². The summed E-state index contributed by atoms with van der Waals surface area (Å²) in [5.74, 6) is 0.948. The molecule has 1 saturated carbocycles. The number of halogens is 1. The van der Waals surface area contributed by atoms with E-state index in [-0.39, 0.29) is 0 Å². The Morgan fingerprint density at radius 2 is 2.10 bits per heavy atom. The summed E-state index contributed by atoms with van der Waals surface area (Å²) in [6, 6.07) is 5.93. The maximum Gasteiger partial charge on any atom is 0.123 e. The van der Waals surface area contributed by atoms with Gasteiger partial charge in [-0.25, -0.2) is 0 Å². The van der Waals surface area contributed by atoms with Crippen molar-refractivity contribution in [1.29, 1.82) is 0 Å². The number of hydrogen-bond acceptors (Lipinski definition) is 3. The van der Waals surface area contributed by atoms with Crippen LogP contribution in [0.2, 0.25) is 5.02 Å². The van der Waals surface area contributed by atoms with Gasteiger partial charge in [-0.05, 0) is 31.0 Å². The Bertz CT molecular complexity index is 477. The molecule has 0 radical (unpaired) electrons. The van der Waals surface area contributed by atoms with Crippen molar-refractivity contribution < 1.29 is 4.74 Å². The molecule has 0 bridgehead atoms. The number of benzene rings is 1. The van der Waals surface area contributed by atoms with Crippen LogP contribution >= 0.6 is 11.6 Å². The van der Waals surface area contributed by atoms with Crippen molar-refractivity contribution in [2.75, 3.05) is 26.7 Å². The van der Waals surface area contributed by atoms with Crippen molar-refractivity contribution in [2.45, 2.75) is 44.2 Å². The summed E-state index contributed by atoms with van der Waals surface area (Å²) in [6.07, 6.45) is 6.71. The molecule has 1 aliphatic carbocycles. The molecule has 2 fully saturated rings. The molecule has 1 heterocycles. The molecule has 0 amide bonds. The molecule has 1 spiro atoms. The van der Waals surface area contributed by atoms with E-state index in [1.54, 1.807) is 7.11 Å². The minimum atomic E-state index is 0.337. The van der Waals surface area contributed by atoms with Gasteiger partial charge in [-0.2, -0.15) is 0 Å². The highest BCUT2D eigenvalue weighted by Crippen LogP contribution is 2.36. The number of rotatable bonds is 3. The molecule has 116 valence electrons. The molecule has 21 heavy (non-hydrogen) atoms. The first-order valence-corrected chi connectivity index (χ1v) is 8.39. The molecule has 1 saturated heterocycles. The summed E-state index contributed by atoms with van der Waals surface area (Å²) in [5, 5.41) is 4.39. The molecule has 0 unspecified atom stereocenters. The first-order chi connectivity index (χ1) is 10.2. The zero-order valence-corrected chi connectivity index (χ0v) is 13.6. The molecular weight excluding hydrogens is 284 g/mol. The Hall–Kier alpha value is -0.770. The summed E-state index contributed by atoms with van der Waals surface area (Å²) in [7, 11) is 1.74. The van der Waals surface area contributed by atoms with Gasteiger partial charge in [0.1, 0.15) is 5.75 Å². The van der Waals surface area contributed by atoms with Gasteiger partial charge in [0.05, 0.1) is 7.11 Å². The second-order valence-electron chi connectivity index (χ2n) is 6.34. The average Bonchev–Trinajstić information content (AvgIpc) is 2.51. The van der Waals surface area contributed by atoms with Gasteiger partial charge in [-0.3, -0.25) is 4.90 Å². The second kappa shape index (κ2) is 6.55. The summed E-state index contributed by atoms with van der Waals surface area (Å²) in [6.45, 7) is 4.24. The third kappa shape index (κ3) is 3.20. The molecule has 0 aromatic heterocycles. The zero-order valence-electron chi connectivity index (χ0n) is 12.8. The van der Waals surface area contributed by atoms with E-state index < -0.39 is 0 Å². The molecule has 3 nitrogen and oxygen atoms in total. The van der Waals surface area contributed by atoms with Crippen molar-refractivity contribution in [1.82, 2.24) is 10.2 Å². The second-order valence-corrected chi connectivity index (χ2v) is 6.78. The van der Waals surface area contributed by atoms with E-state index in [0.717, 1.165) is 37.0 Å². The van der Waals surface area contributed by atoms with Crippen LogP contribution in [-0.4, -0.2) is 37.2 Å². The molecule has 3 rings (SSSR count). The summed E-state index contributed by atoms with van der Waals surface area (Å²) in [4.78, 5) is 2.66. The van der Waals surface area contributed by atoms with Crippen molar-refractivity contribution >= 4 is 11.6 Å². The smallest absolute Gasteiger partial charge is 0.123 e. The van der Waals surface area contributed by atoms with Crippen molar-refractivity contribution in [2.24, 2.45) is 0 Å². The number of hydrogen-bond donors (Lipinski definition) is 1. The van der Waals surface area contributed by atoms with E-state index >= 15 is 0 Å². The van der Waals surface area contributed by atoms with E-state index in [0.29, 0.717) is 5.54 Å². The fraction of sp³-hybridized carbons (Fsp3) is 0.647. The number of nitrogens with one attached hydrogen (secondary N) is 1. The predicted molar refractivity (Wildman–Crippen MR) is 87.1 cm³/mol. The van der Waals surface area contributed by atoms with Gasteiger partial charge in [-0.15, -0.1) is 0 Å². The molecule has 1 aromatic carbocycles. The Morgan fingerprint density at radius 1 is 1.29 bits per heavy atom. The van der Waals surface area contributed by atoms with Crippen LogP contribution in [-0.2, 0) is 6.54 Å². The minimum Gasteiger partial charge on any atom is -0.496 e. The number of piperazine rings is 1. The van der Waals surface area contributed by atoms with E-state index in [1.165, 1.54) is 37.7 Å². The normalized spacial score (nSPS) is 22.4. The van der Waals surface area contributed by atoms with Crippen LogP contribution in [0.1, 0.15) is 37.7 Å². The molecule has 1 N–H and O–H groups in total. The summed E-state index contributed by atoms with van der Waals surface area (Å²) >= 11 is 6.18. The standard InChI is InChI=1S/C17H25ClN2O/c1-21-16-6-5-15(18)11-14(16)12-20-10-9-19-13-17(20)7-3-2-4-8-17/h5-6,11,19H,2-4,7-10,12-13H2,1H3. The monoisotopic (exact) mass is 308 g/mol. The number of ether oxygens (including phenoxy) is 1. The van der Waals surface area contributed by atoms with Gasteiger partial charge >= 0.3 is 0 Å². The largest absolute Gasteiger partial charge is 0.496 e. The van der Waals surface area contributed by atoms with E-state index in [1.807, 2.05) is 12.1 Å². The average molecular weight is 309 g/mol. The lowest BCUT2D eigenvalue weighted by Gasteiger charge is -2.50. The van der Waals surface area contributed by atoms with Crippen LogP contribution in [0.15, 0.2) is 18.2 Å². The molecule has 4 heteroatoms. The fourth-order valence-corrected chi connectivity index (χ4v) is 4.10. The van der Waals surface area contributed by atoms with Crippen LogP contribution in [0, 0.1) is 0 Å². The topological polar surface area (TPSA) is 24.5 Å². The third-order valence-corrected chi connectivity index (χ3v) is 5.31. The Balaban J connectivity index is 1.83. The van der Waals surface area contributed by atoms with Gasteiger partial charge in [0.15, 0.2) is 0 Å². The number of nitrogens with zero attached hydrogens (tertiary/aromatic N) is 1. The molecule has 2 aliphatic rings. The van der Waals surface area contributed by atoms with Gasteiger partial charge in [0, 0.05) is 42.3 Å². The molecule has 1 aliphatic heterocycles. The minimum absolute atomic E-state index is 0.337. The molecular formula is C17H25ClN2O. The lowest BCUT2D eigenvalue weighted by molar-refractivity contribution is 0.0204. The SMILES string of the molecule is COc1ccc(Cl)cc1CN1CCNCC12CCCCC2. The van der Waals surface area contributed by atoms with Crippen LogP contribution in [0.3, 0.4) is 0 Å². The first-order valence-electron chi connectivity index (χ1n) is 8.02. The first kappa shape index (κ1) is 15.1. The lowest BCUT2D eigenvalue weighted by atomic mass is 9.79. The Kier molecular flexibility index (Phi) is 4.72. The molecule has 0 atom stereocenters. The number of methoxy groups -OCH3 is 1. The van der Waals surface area contributed by atoms with Gasteiger partial charge < -0.3 is 10.1 Å². The highest BCUT2D eigenvalue weighted by Gasteiger charge is 2.39. The quantitative estimate of drug-likeness (QED) is 0.925. The van der Waals surface area contributed by atoms with Crippen molar-refractivity contribution in [3.63, 3.8) is 0 Å². The van der Waals surface area contributed by atoms with E-state index in [2.05, 4.69) is 16.3 Å². The lowest BCUT2D eigenvalue weighted by Crippen LogP contribution is -2.61. The van der Waals surface area contributed by atoms with Crippen LogP contribution in [0.25, 0.3) is 0 Å². The highest BCUT2D eigenvalue weighted by molar-refractivity contribution is 6.30. The summed E-state index contributed by atoms with van der Waals surface area (Å²) < 4.78 is 5.52. The Morgan fingerprint density at radius 3 is 2.86 bits per heavy atom. The Labute approximate surface area is 132 Å². The maximum absolute atomic E-state index is 6.18. The van der Waals surface area contributed by atoms with E-state index in [9.17, 15) is 0 Å².